The van der Waals surface area contributed by atoms with Gasteiger partial charge in [-0.15, -0.1) is 0 Å². The number of nitrogen functional groups attached to an aromatic ring is 1. The highest BCUT2D eigenvalue weighted by atomic mass is 16.5. The number of benzene rings is 2. The number of hydrogen-bond acceptors (Lipinski definition) is 8. The van der Waals surface area contributed by atoms with E-state index in [9.17, 15) is 4.79 Å². The van der Waals surface area contributed by atoms with E-state index >= 15 is 0 Å². The van der Waals surface area contributed by atoms with Crippen molar-refractivity contribution in [2.75, 3.05) is 51.4 Å². The van der Waals surface area contributed by atoms with E-state index in [1.165, 1.54) is 24.7 Å². The van der Waals surface area contributed by atoms with Crippen molar-refractivity contribution in [2.45, 2.75) is 56.5 Å². The molecule has 1 amide bonds. The molecule has 230 valence electrons. The number of carbonyl (C=O) groups excluding carboxylic acids is 1. The van der Waals surface area contributed by atoms with Gasteiger partial charge in [0.25, 0.3) is 0 Å². The van der Waals surface area contributed by atoms with E-state index in [4.69, 9.17) is 15.6 Å². The van der Waals surface area contributed by atoms with E-state index in [2.05, 4.69) is 48.9 Å². The average Bonchev–Trinajstić information content (AvgIpc) is 3.78. The minimum absolute atomic E-state index is 0.0169. The Morgan fingerprint density at radius 2 is 1.75 bits per heavy atom. The van der Waals surface area contributed by atoms with E-state index in [0.29, 0.717) is 35.8 Å². The molecule has 2 aliphatic carbocycles. The lowest BCUT2D eigenvalue weighted by atomic mass is 9.90. The summed E-state index contributed by atoms with van der Waals surface area (Å²) in [6.45, 7) is 4.61. The number of ether oxygens (including phenoxy) is 1. The third kappa shape index (κ3) is 5.76. The Labute approximate surface area is 258 Å². The highest BCUT2D eigenvalue weighted by Crippen LogP contribution is 2.48. The van der Waals surface area contributed by atoms with Crippen LogP contribution in [-0.2, 0) is 11.2 Å². The van der Waals surface area contributed by atoms with Crippen molar-refractivity contribution >= 4 is 28.4 Å². The van der Waals surface area contributed by atoms with Crippen LogP contribution in [0, 0.1) is 5.92 Å². The van der Waals surface area contributed by atoms with Gasteiger partial charge in [-0.3, -0.25) is 9.69 Å². The van der Waals surface area contributed by atoms with Crippen LogP contribution in [0.3, 0.4) is 0 Å². The van der Waals surface area contributed by atoms with Crippen molar-refractivity contribution in [3.05, 3.63) is 71.7 Å². The summed E-state index contributed by atoms with van der Waals surface area (Å²) >= 11 is 0. The number of piperazine rings is 1. The highest BCUT2D eigenvalue weighted by Gasteiger charge is 2.44. The highest BCUT2D eigenvalue weighted by molar-refractivity contribution is 5.96. The molecule has 3 N–H and O–H groups in total. The van der Waals surface area contributed by atoms with Crippen molar-refractivity contribution in [3.63, 3.8) is 0 Å². The Morgan fingerprint density at radius 1 is 1.00 bits per heavy atom. The minimum Gasteiger partial charge on any atom is -0.495 e. The molecule has 4 aromatic rings. The molecule has 2 saturated carbocycles. The van der Waals surface area contributed by atoms with Gasteiger partial charge in [0.05, 0.1) is 29.9 Å². The zero-order valence-corrected chi connectivity index (χ0v) is 25.7. The largest absolute Gasteiger partial charge is 0.495 e. The molecule has 3 aliphatic rings. The van der Waals surface area contributed by atoms with Crippen LogP contribution in [0.2, 0.25) is 0 Å². The molecule has 1 aliphatic heterocycles. The summed E-state index contributed by atoms with van der Waals surface area (Å²) in [5, 5.41) is 9.04. The quantitative estimate of drug-likeness (QED) is 0.307. The Bertz CT molecular complexity index is 1620. The second-order valence-corrected chi connectivity index (χ2v) is 12.7. The van der Waals surface area contributed by atoms with E-state index in [1.54, 1.807) is 7.11 Å². The predicted molar refractivity (Wildman–Crippen MR) is 172 cm³/mol. The lowest BCUT2D eigenvalue weighted by molar-refractivity contribution is -0.117. The Balaban J connectivity index is 1.06. The number of likely N-dealkylation sites (N-methyl/N-ethyl adjacent to an activating group) is 1. The molecule has 7 rings (SSSR count). The van der Waals surface area contributed by atoms with Crippen LogP contribution < -0.4 is 15.8 Å². The fraction of sp³-hybridized carbons (Fsp3) is 0.471. The third-order valence-corrected chi connectivity index (χ3v) is 9.91. The van der Waals surface area contributed by atoms with Gasteiger partial charge in [-0.1, -0.05) is 36.4 Å². The lowest BCUT2D eigenvalue weighted by Gasteiger charge is -2.41. The number of nitrogens with one attached hydrogen (secondary N) is 1. The lowest BCUT2D eigenvalue weighted by Crippen LogP contribution is -2.49. The van der Waals surface area contributed by atoms with E-state index < -0.39 is 0 Å². The summed E-state index contributed by atoms with van der Waals surface area (Å²) in [5.74, 6) is 1.37. The van der Waals surface area contributed by atoms with Gasteiger partial charge in [0, 0.05) is 44.6 Å². The topological polar surface area (TPSA) is 114 Å². The number of fused-ring (bicyclic) bond motifs is 1. The van der Waals surface area contributed by atoms with Crippen LogP contribution in [0.1, 0.15) is 60.9 Å². The normalized spacial score (nSPS) is 24.3. The Morgan fingerprint density at radius 3 is 2.50 bits per heavy atom. The molecule has 1 saturated heterocycles. The SMILES string of the molecule is COc1cc(Cc2nn(C3CCC(N4CCN(C)CC4)CC3)c3ncnc(N)c23)ccc1NC(=O)[C@@H]1C[C@H]1c1ccccc1. The van der Waals surface area contributed by atoms with Crippen LogP contribution >= 0.6 is 0 Å². The van der Waals surface area contributed by atoms with Crippen LogP contribution in [0.15, 0.2) is 54.9 Å². The second-order valence-electron chi connectivity index (χ2n) is 12.7. The molecule has 0 spiro atoms. The molecule has 3 fully saturated rings. The molecule has 0 bridgehead atoms. The number of carbonyl (C=O) groups is 1. The maximum absolute atomic E-state index is 13.1. The predicted octanol–water partition coefficient (Wildman–Crippen LogP) is 4.48. The molecular formula is C34H42N8O2. The number of hydrogen-bond donors (Lipinski definition) is 2. The second kappa shape index (κ2) is 12.2. The summed E-state index contributed by atoms with van der Waals surface area (Å²) in [7, 11) is 3.84. The Kier molecular flexibility index (Phi) is 7.95. The van der Waals surface area contributed by atoms with Crippen molar-refractivity contribution in [1.29, 1.82) is 0 Å². The molecule has 0 radical (unpaired) electrons. The first-order valence-electron chi connectivity index (χ1n) is 15.9. The van der Waals surface area contributed by atoms with Crippen LogP contribution in [0.5, 0.6) is 5.75 Å². The van der Waals surface area contributed by atoms with Crippen molar-refractivity contribution in [2.24, 2.45) is 5.92 Å². The maximum Gasteiger partial charge on any atom is 0.228 e. The van der Waals surface area contributed by atoms with Gasteiger partial charge in [-0.05, 0) is 68.3 Å². The van der Waals surface area contributed by atoms with Crippen LogP contribution in [-0.4, -0.2) is 81.8 Å². The number of anilines is 2. The molecular weight excluding hydrogens is 552 g/mol. The van der Waals surface area contributed by atoms with Crippen molar-refractivity contribution in [1.82, 2.24) is 29.5 Å². The monoisotopic (exact) mass is 594 g/mol. The maximum atomic E-state index is 13.1. The molecule has 10 heteroatoms. The molecule has 2 atom stereocenters. The molecule has 3 heterocycles. The number of methoxy groups -OCH3 is 1. The summed E-state index contributed by atoms with van der Waals surface area (Å²) < 4.78 is 7.82. The first-order chi connectivity index (χ1) is 21.5. The smallest absolute Gasteiger partial charge is 0.228 e. The summed E-state index contributed by atoms with van der Waals surface area (Å²) in [5.41, 5.74) is 11.0. The van der Waals surface area contributed by atoms with E-state index in [-0.39, 0.29) is 17.7 Å². The molecule has 2 aromatic carbocycles. The van der Waals surface area contributed by atoms with E-state index in [0.717, 1.165) is 67.7 Å². The van der Waals surface area contributed by atoms with Gasteiger partial charge in [0.2, 0.25) is 5.91 Å². The van der Waals surface area contributed by atoms with Gasteiger partial charge >= 0.3 is 0 Å². The molecule has 2 aromatic heterocycles. The molecule has 44 heavy (non-hydrogen) atoms. The van der Waals surface area contributed by atoms with E-state index in [1.807, 2.05) is 36.4 Å². The molecule has 0 unspecified atom stereocenters. The van der Waals surface area contributed by atoms with Gasteiger partial charge in [-0.2, -0.15) is 5.10 Å². The summed E-state index contributed by atoms with van der Waals surface area (Å²) in [6.07, 6.45) is 7.45. The summed E-state index contributed by atoms with van der Waals surface area (Å²) in [4.78, 5) is 27.1. The number of nitrogens with two attached hydrogens (primary N) is 1. The third-order valence-electron chi connectivity index (χ3n) is 9.91. The number of aromatic nitrogens is 4. The Hall–Kier alpha value is -4.02. The minimum atomic E-state index is -0.0169. The summed E-state index contributed by atoms with van der Waals surface area (Å²) in [6, 6.07) is 17.1. The average molecular weight is 595 g/mol. The van der Waals surface area contributed by atoms with Gasteiger partial charge in [0.1, 0.15) is 17.9 Å². The zero-order valence-electron chi connectivity index (χ0n) is 25.7. The van der Waals surface area contributed by atoms with Crippen LogP contribution in [0.25, 0.3) is 11.0 Å². The van der Waals surface area contributed by atoms with Crippen molar-refractivity contribution < 1.29 is 9.53 Å². The van der Waals surface area contributed by atoms with Gasteiger partial charge in [-0.25, -0.2) is 14.6 Å². The van der Waals surface area contributed by atoms with Gasteiger partial charge in [0.15, 0.2) is 5.65 Å². The van der Waals surface area contributed by atoms with Crippen LogP contribution in [0.4, 0.5) is 11.5 Å². The fourth-order valence-corrected chi connectivity index (χ4v) is 7.22. The van der Waals surface area contributed by atoms with Gasteiger partial charge < -0.3 is 20.7 Å². The zero-order chi connectivity index (χ0) is 30.2. The van der Waals surface area contributed by atoms with Crippen molar-refractivity contribution in [3.8, 4) is 5.75 Å². The fourth-order valence-electron chi connectivity index (χ4n) is 7.22. The molecule has 10 nitrogen and oxygen atoms in total. The first kappa shape index (κ1) is 28.7. The first-order valence-corrected chi connectivity index (χ1v) is 15.9. The number of amides is 1. The number of nitrogens with zero attached hydrogens (tertiary/aromatic N) is 6. The standard InChI is InChI=1S/C34H42N8O2/c1-40-14-16-41(17-15-40)24-9-11-25(12-10-24)42-33-31(32(35)36-21-37-33)29(39-42)18-22-8-13-28(30(19-22)44-2)38-34(43)27-20-26(27)23-6-4-3-5-7-23/h3-8,13,19,21,24-27H,9-12,14-18,20H2,1-2H3,(H,38,43)(H2,35,36,37)/t24?,25?,26-,27+/m0/s1. The number of rotatable bonds is 8.